The second-order valence-electron chi connectivity index (χ2n) is 6.76. The maximum atomic E-state index is 6.00. The summed E-state index contributed by atoms with van der Waals surface area (Å²) in [7, 11) is 2.15. The first-order valence-corrected chi connectivity index (χ1v) is 8.27. The third-order valence-electron chi connectivity index (χ3n) is 4.95. The second-order valence-corrected chi connectivity index (χ2v) is 6.76. The zero-order chi connectivity index (χ0) is 14.8. The molecule has 1 aromatic rings. The van der Waals surface area contributed by atoms with Crippen LogP contribution in [0.3, 0.4) is 0 Å². The van der Waals surface area contributed by atoms with Crippen LogP contribution in [0.4, 0.5) is 11.5 Å². The van der Waals surface area contributed by atoms with E-state index in [-0.39, 0.29) is 0 Å². The van der Waals surface area contributed by atoms with Gasteiger partial charge >= 0.3 is 0 Å². The van der Waals surface area contributed by atoms with Crippen LogP contribution >= 0.6 is 0 Å². The summed E-state index contributed by atoms with van der Waals surface area (Å²) in [4.78, 5) is 6.97. The lowest BCUT2D eigenvalue weighted by Crippen LogP contribution is -2.39. The van der Waals surface area contributed by atoms with Crippen molar-refractivity contribution >= 4 is 11.5 Å². The minimum absolute atomic E-state index is 0.575. The van der Waals surface area contributed by atoms with E-state index in [0.717, 1.165) is 18.3 Å². The molecule has 2 N–H and O–H groups in total. The number of pyridine rings is 1. The van der Waals surface area contributed by atoms with Gasteiger partial charge in [-0.15, -0.1) is 0 Å². The molecule has 0 aromatic carbocycles. The molecule has 2 aliphatic carbocycles. The average Bonchev–Trinajstić information content (AvgIpc) is 3.30. The predicted molar refractivity (Wildman–Crippen MR) is 86.7 cm³/mol. The Morgan fingerprint density at radius 2 is 2.00 bits per heavy atom. The number of hydrogen-bond donors (Lipinski definition) is 1. The number of nitrogens with two attached hydrogens (primary N) is 1. The Morgan fingerprint density at radius 3 is 2.71 bits per heavy atom. The van der Waals surface area contributed by atoms with Crippen molar-refractivity contribution in [2.75, 3.05) is 24.3 Å². The van der Waals surface area contributed by atoms with E-state index in [1.807, 2.05) is 12.1 Å². The maximum absolute atomic E-state index is 6.00. The van der Waals surface area contributed by atoms with Gasteiger partial charge in [0, 0.05) is 13.1 Å². The summed E-state index contributed by atoms with van der Waals surface area (Å²) in [5.74, 6) is 3.02. The highest BCUT2D eigenvalue weighted by molar-refractivity contribution is 5.54. The van der Waals surface area contributed by atoms with E-state index < -0.39 is 0 Å². The van der Waals surface area contributed by atoms with Crippen molar-refractivity contribution in [3.63, 3.8) is 0 Å². The topological polar surface area (TPSA) is 51.4 Å². The SMILES string of the molecule is CC1CCCCC1N(C)c1ccc(N)c(OCC2CC2)n1. The van der Waals surface area contributed by atoms with Crippen LogP contribution < -0.4 is 15.4 Å². The van der Waals surface area contributed by atoms with Crippen LogP contribution in [-0.4, -0.2) is 24.7 Å². The minimum Gasteiger partial charge on any atom is -0.476 e. The van der Waals surface area contributed by atoms with Gasteiger partial charge in [0.05, 0.1) is 12.3 Å². The average molecular weight is 289 g/mol. The Bertz CT molecular complexity index is 487. The largest absolute Gasteiger partial charge is 0.476 e. The predicted octanol–water partition coefficient (Wildman–Crippen LogP) is 3.47. The molecule has 2 fully saturated rings. The number of rotatable bonds is 5. The van der Waals surface area contributed by atoms with Gasteiger partial charge in [-0.1, -0.05) is 19.8 Å². The quantitative estimate of drug-likeness (QED) is 0.902. The molecule has 1 aromatic heterocycles. The van der Waals surface area contributed by atoms with Crippen LogP contribution in [0.25, 0.3) is 0 Å². The number of nitrogens with zero attached hydrogens (tertiary/aromatic N) is 2. The summed E-state index contributed by atoms with van der Waals surface area (Å²) in [6, 6.07) is 4.51. The van der Waals surface area contributed by atoms with Crippen LogP contribution in [0.5, 0.6) is 5.88 Å². The summed E-state index contributed by atoms with van der Waals surface area (Å²) >= 11 is 0. The van der Waals surface area contributed by atoms with Gasteiger partial charge < -0.3 is 15.4 Å². The molecule has 2 atom stereocenters. The Hall–Kier alpha value is -1.45. The number of aromatic nitrogens is 1. The molecule has 4 heteroatoms. The monoisotopic (exact) mass is 289 g/mol. The number of ether oxygens (including phenoxy) is 1. The molecule has 21 heavy (non-hydrogen) atoms. The Balaban J connectivity index is 1.72. The van der Waals surface area contributed by atoms with E-state index in [0.29, 0.717) is 23.5 Å². The molecule has 4 nitrogen and oxygen atoms in total. The van der Waals surface area contributed by atoms with Crippen molar-refractivity contribution in [2.45, 2.75) is 51.5 Å². The first kappa shape index (κ1) is 14.5. The van der Waals surface area contributed by atoms with E-state index >= 15 is 0 Å². The molecule has 0 amide bonds. The molecule has 0 radical (unpaired) electrons. The van der Waals surface area contributed by atoms with E-state index in [1.54, 1.807) is 0 Å². The molecule has 1 heterocycles. The third kappa shape index (κ3) is 3.42. The van der Waals surface area contributed by atoms with E-state index in [9.17, 15) is 0 Å². The standard InChI is InChI=1S/C17H27N3O/c1-12-5-3-4-6-15(12)20(2)16-10-9-14(18)17(19-16)21-11-13-7-8-13/h9-10,12-13,15H,3-8,11,18H2,1-2H3. The Labute approximate surface area is 127 Å². The molecule has 3 rings (SSSR count). The highest BCUT2D eigenvalue weighted by Crippen LogP contribution is 2.33. The van der Waals surface area contributed by atoms with Crippen molar-refractivity contribution < 1.29 is 4.74 Å². The van der Waals surface area contributed by atoms with Gasteiger partial charge in [-0.3, -0.25) is 0 Å². The van der Waals surface area contributed by atoms with E-state index in [4.69, 9.17) is 10.5 Å². The highest BCUT2D eigenvalue weighted by atomic mass is 16.5. The second kappa shape index (κ2) is 6.12. The van der Waals surface area contributed by atoms with Gasteiger partial charge in [0.1, 0.15) is 5.82 Å². The molecule has 2 saturated carbocycles. The summed E-state index contributed by atoms with van der Waals surface area (Å²) in [5, 5.41) is 0. The van der Waals surface area contributed by atoms with Gasteiger partial charge in [-0.05, 0) is 49.7 Å². The van der Waals surface area contributed by atoms with Crippen molar-refractivity contribution in [3.05, 3.63) is 12.1 Å². The summed E-state index contributed by atoms with van der Waals surface area (Å²) in [5.41, 5.74) is 6.64. The molecule has 116 valence electrons. The summed E-state index contributed by atoms with van der Waals surface area (Å²) in [6.45, 7) is 3.10. The molecule has 2 aliphatic rings. The fraction of sp³-hybridized carbons (Fsp3) is 0.706. The van der Waals surface area contributed by atoms with Gasteiger partial charge in [-0.2, -0.15) is 4.98 Å². The lowest BCUT2D eigenvalue weighted by molar-refractivity contribution is 0.289. The summed E-state index contributed by atoms with van der Waals surface area (Å²) < 4.78 is 5.80. The van der Waals surface area contributed by atoms with Crippen LogP contribution in [0.1, 0.15) is 45.4 Å². The zero-order valence-electron chi connectivity index (χ0n) is 13.2. The van der Waals surface area contributed by atoms with Crippen molar-refractivity contribution in [1.82, 2.24) is 4.98 Å². The Morgan fingerprint density at radius 1 is 1.24 bits per heavy atom. The number of hydrogen-bond acceptors (Lipinski definition) is 4. The lowest BCUT2D eigenvalue weighted by atomic mass is 9.85. The van der Waals surface area contributed by atoms with E-state index in [2.05, 4.69) is 23.9 Å². The van der Waals surface area contributed by atoms with Crippen LogP contribution in [0, 0.1) is 11.8 Å². The molecular weight excluding hydrogens is 262 g/mol. The number of nitrogen functional groups attached to an aromatic ring is 1. The summed E-state index contributed by atoms with van der Waals surface area (Å²) in [6.07, 6.45) is 7.80. The van der Waals surface area contributed by atoms with Gasteiger partial charge in [0.2, 0.25) is 5.88 Å². The van der Waals surface area contributed by atoms with Gasteiger partial charge in [0.25, 0.3) is 0 Å². The van der Waals surface area contributed by atoms with Crippen LogP contribution in [0.2, 0.25) is 0 Å². The van der Waals surface area contributed by atoms with Crippen LogP contribution in [0.15, 0.2) is 12.1 Å². The van der Waals surface area contributed by atoms with Gasteiger partial charge in [0.15, 0.2) is 0 Å². The molecular formula is C17H27N3O. The molecule has 0 saturated heterocycles. The fourth-order valence-corrected chi connectivity index (χ4v) is 3.28. The molecule has 0 spiro atoms. The molecule has 2 unspecified atom stereocenters. The third-order valence-corrected chi connectivity index (χ3v) is 4.95. The van der Waals surface area contributed by atoms with Crippen molar-refractivity contribution in [2.24, 2.45) is 11.8 Å². The van der Waals surface area contributed by atoms with Gasteiger partial charge in [-0.25, -0.2) is 0 Å². The van der Waals surface area contributed by atoms with Crippen LogP contribution in [-0.2, 0) is 0 Å². The minimum atomic E-state index is 0.575. The normalized spacial score (nSPS) is 25.6. The fourth-order valence-electron chi connectivity index (χ4n) is 3.28. The smallest absolute Gasteiger partial charge is 0.239 e. The highest BCUT2D eigenvalue weighted by Gasteiger charge is 2.26. The maximum Gasteiger partial charge on any atom is 0.239 e. The van der Waals surface area contributed by atoms with E-state index in [1.165, 1.54) is 38.5 Å². The molecule has 0 aliphatic heterocycles. The molecule has 0 bridgehead atoms. The first-order valence-electron chi connectivity index (χ1n) is 8.27. The van der Waals surface area contributed by atoms with Crippen molar-refractivity contribution in [3.8, 4) is 5.88 Å². The zero-order valence-corrected chi connectivity index (χ0v) is 13.2. The lowest BCUT2D eigenvalue weighted by Gasteiger charge is -2.37. The Kier molecular flexibility index (Phi) is 4.22. The first-order chi connectivity index (χ1) is 10.1. The van der Waals surface area contributed by atoms with Crippen molar-refractivity contribution in [1.29, 1.82) is 0 Å². The number of anilines is 2.